The summed E-state index contributed by atoms with van der Waals surface area (Å²) in [5.41, 5.74) is -1.84. The zero-order valence-corrected chi connectivity index (χ0v) is 32.0. The van der Waals surface area contributed by atoms with Gasteiger partial charge in [0.1, 0.15) is 21.2 Å². The van der Waals surface area contributed by atoms with Crippen LogP contribution in [-0.2, 0) is 54.8 Å². The summed E-state index contributed by atoms with van der Waals surface area (Å²) in [7, 11) is -24.2. The molecule has 0 saturated heterocycles. The highest BCUT2D eigenvalue weighted by Gasteiger charge is 2.26. The van der Waals surface area contributed by atoms with Crippen LogP contribution in [0.5, 0.6) is 5.75 Å². The lowest BCUT2D eigenvalue weighted by Crippen LogP contribution is -2.15. The third-order valence-electron chi connectivity index (χ3n) is 7.01. The van der Waals surface area contributed by atoms with Crippen LogP contribution >= 0.6 is 11.6 Å². The lowest BCUT2D eigenvalue weighted by Gasteiger charge is -2.15. The van der Waals surface area contributed by atoms with Gasteiger partial charge in [0.25, 0.3) is 30.4 Å². The maximum absolute atomic E-state index is 12.5. The Balaban J connectivity index is 1.57. The lowest BCUT2D eigenvalue weighted by atomic mass is 10.1. The number of hydrogen-bond acceptors (Lipinski definition) is 19. The lowest BCUT2D eigenvalue weighted by molar-refractivity contribution is 0.284. The number of rotatable bonds is 14. The summed E-state index contributed by atoms with van der Waals surface area (Å²) >= 11 is 6.08. The Morgan fingerprint density at radius 3 is 1.88 bits per heavy atom. The van der Waals surface area contributed by atoms with Crippen LogP contribution in [0.1, 0.15) is 0 Å². The van der Waals surface area contributed by atoms with Crippen molar-refractivity contribution in [3.8, 4) is 5.75 Å². The van der Waals surface area contributed by atoms with Crippen molar-refractivity contribution < 1.29 is 69.6 Å². The zero-order valence-electron chi connectivity index (χ0n) is 27.1. The molecule has 0 bridgehead atoms. The molecule has 0 unspecified atom stereocenters. The molecule has 7 N–H and O–H groups in total. The second-order valence-electron chi connectivity index (χ2n) is 10.8. The van der Waals surface area contributed by atoms with Gasteiger partial charge in [0.2, 0.25) is 17.2 Å². The average molecular weight is 896 g/mol. The largest absolute Gasteiger partial charge is 0.505 e. The van der Waals surface area contributed by atoms with E-state index in [9.17, 15) is 60.9 Å². The number of phenols is 1. The Morgan fingerprint density at radius 1 is 0.679 bits per heavy atom. The second-order valence-corrected chi connectivity index (χ2v) is 18.6. The highest BCUT2D eigenvalue weighted by molar-refractivity contribution is 7.91. The number of fused-ring (bicyclic) bond motifs is 1. The Bertz CT molecular complexity index is 2990. The molecule has 1 heterocycles. The molecule has 56 heavy (non-hydrogen) atoms. The molecule has 0 aliphatic heterocycles. The van der Waals surface area contributed by atoms with E-state index in [0.717, 1.165) is 36.4 Å². The minimum Gasteiger partial charge on any atom is -0.505 e. The predicted molar refractivity (Wildman–Crippen MR) is 193 cm³/mol. The van der Waals surface area contributed by atoms with Crippen molar-refractivity contribution in [2.45, 2.75) is 19.6 Å². The van der Waals surface area contributed by atoms with E-state index in [1.54, 1.807) is 0 Å². The van der Waals surface area contributed by atoms with Crippen LogP contribution in [0.4, 0.5) is 34.6 Å². The van der Waals surface area contributed by atoms with Crippen molar-refractivity contribution in [3.63, 3.8) is 0 Å². The number of nitrogens with one attached hydrogen (secondary N) is 2. The first-order chi connectivity index (χ1) is 25.8. The second kappa shape index (κ2) is 15.5. The number of phenolic OH excluding ortho intramolecular Hbond substituents is 1. The summed E-state index contributed by atoms with van der Waals surface area (Å²) < 4.78 is 161. The molecule has 0 saturated carbocycles. The number of hydrogen-bond donors (Lipinski definition) is 7. The van der Waals surface area contributed by atoms with E-state index >= 15 is 0 Å². The van der Waals surface area contributed by atoms with Crippen LogP contribution in [0.15, 0.2) is 96.5 Å². The van der Waals surface area contributed by atoms with Crippen LogP contribution in [0.2, 0.25) is 5.28 Å². The molecule has 0 atom stereocenters. The number of anilines is 4. The van der Waals surface area contributed by atoms with Gasteiger partial charge in [-0.2, -0.15) is 48.6 Å². The monoisotopic (exact) mass is 895 g/mol. The van der Waals surface area contributed by atoms with Gasteiger partial charge in [-0.15, -0.1) is 10.2 Å². The fraction of sp³-hybridized carbons (Fsp3) is 0.0741. The van der Waals surface area contributed by atoms with Crippen molar-refractivity contribution in [3.05, 3.63) is 72.0 Å². The topological polar surface area (TPSA) is 369 Å². The van der Waals surface area contributed by atoms with Gasteiger partial charge in [-0.05, 0) is 71.6 Å². The van der Waals surface area contributed by atoms with Crippen molar-refractivity contribution in [2.75, 3.05) is 23.0 Å². The molecular formula is C27H22ClN7O16S5. The number of nitrogens with zero attached hydrogens (tertiary/aromatic N) is 5. The van der Waals surface area contributed by atoms with Gasteiger partial charge in [0.15, 0.2) is 15.6 Å². The number of azo groups is 1. The molecule has 0 radical (unpaired) electrons. The summed E-state index contributed by atoms with van der Waals surface area (Å²) in [4.78, 5) is 8.77. The van der Waals surface area contributed by atoms with Crippen molar-refractivity contribution in [1.29, 1.82) is 0 Å². The van der Waals surface area contributed by atoms with E-state index in [0.29, 0.717) is 6.07 Å². The Morgan fingerprint density at radius 2 is 1.29 bits per heavy atom. The first-order valence-electron chi connectivity index (χ1n) is 14.5. The first-order valence-corrected chi connectivity index (χ1v) is 22.2. The van der Waals surface area contributed by atoms with Gasteiger partial charge in [-0.3, -0.25) is 18.2 Å². The summed E-state index contributed by atoms with van der Waals surface area (Å²) in [6, 6.07) is 11.4. The Hall–Kier alpha value is -5.01. The van der Waals surface area contributed by atoms with E-state index in [2.05, 4.69) is 40.0 Å². The summed E-state index contributed by atoms with van der Waals surface area (Å²) in [5.74, 6) is -2.71. The van der Waals surface area contributed by atoms with E-state index in [1.165, 1.54) is 24.3 Å². The van der Waals surface area contributed by atoms with E-state index in [1.807, 2.05) is 0 Å². The van der Waals surface area contributed by atoms with Gasteiger partial charge in [-0.25, -0.2) is 12.6 Å². The van der Waals surface area contributed by atoms with Crippen molar-refractivity contribution in [1.82, 2.24) is 15.0 Å². The molecule has 0 spiro atoms. The van der Waals surface area contributed by atoms with Gasteiger partial charge < -0.3 is 15.7 Å². The fourth-order valence-corrected chi connectivity index (χ4v) is 8.16. The number of halogens is 1. The number of benzene rings is 4. The van der Waals surface area contributed by atoms with Crippen LogP contribution in [-0.4, -0.2) is 92.7 Å². The molecule has 1 aromatic heterocycles. The Kier molecular flexibility index (Phi) is 11.7. The molecule has 0 fully saturated rings. The standard InChI is InChI=1S/C27H22ClN7O16S5/c28-25-31-26(29-15-5-7-16(8-6-15)52(37,38)10-9-51-56(48,49)50)33-27(32-25)30-19-13-17(53(39,40)41)11-14-12-21(55(45,46)47)23(24(36)22(14)19)35-34-18-3-1-2-4-20(18)54(42,43)44/h1-8,11-13,36H,9-10H2,(H,39,40,41)(H,42,43,44)(H,45,46,47)(H,48,49,50)(H2,29,30,31,32,33). The number of sulfone groups is 1. The zero-order chi connectivity index (χ0) is 41.4. The molecule has 298 valence electrons. The smallest absolute Gasteiger partial charge is 0.397 e. The predicted octanol–water partition coefficient (Wildman–Crippen LogP) is 3.62. The third-order valence-corrected chi connectivity index (χ3v) is 11.9. The quantitative estimate of drug-likeness (QED) is 0.0618. The molecular weight excluding hydrogens is 874 g/mol. The van der Waals surface area contributed by atoms with Crippen LogP contribution < -0.4 is 10.6 Å². The van der Waals surface area contributed by atoms with Gasteiger partial charge in [0.05, 0.1) is 27.8 Å². The first kappa shape index (κ1) is 42.1. The minimum absolute atomic E-state index is 0.158. The molecule has 4 aromatic carbocycles. The van der Waals surface area contributed by atoms with E-state index in [4.69, 9.17) is 16.2 Å². The number of aromatic hydroxyl groups is 1. The molecule has 5 aromatic rings. The highest BCUT2D eigenvalue weighted by Crippen LogP contribution is 2.46. The number of aromatic nitrogens is 3. The fourth-order valence-electron chi connectivity index (χ4n) is 4.69. The average Bonchev–Trinajstić information content (AvgIpc) is 3.05. The summed E-state index contributed by atoms with van der Waals surface area (Å²) in [6.45, 7) is -0.862. The summed E-state index contributed by atoms with van der Waals surface area (Å²) in [5, 5.41) is 22.5. The molecule has 5 rings (SSSR count). The van der Waals surface area contributed by atoms with Gasteiger partial charge in [-0.1, -0.05) is 12.1 Å². The van der Waals surface area contributed by atoms with Gasteiger partial charge >= 0.3 is 10.4 Å². The highest BCUT2D eigenvalue weighted by atomic mass is 35.5. The maximum atomic E-state index is 12.5. The normalized spacial score (nSPS) is 12.9. The van der Waals surface area contributed by atoms with Crippen LogP contribution in [0.25, 0.3) is 10.8 Å². The minimum atomic E-state index is -5.31. The molecule has 0 aliphatic rings. The summed E-state index contributed by atoms with van der Waals surface area (Å²) in [6.07, 6.45) is 0. The third kappa shape index (κ3) is 10.2. The van der Waals surface area contributed by atoms with E-state index < -0.39 is 122 Å². The van der Waals surface area contributed by atoms with Crippen LogP contribution in [0.3, 0.4) is 0 Å². The van der Waals surface area contributed by atoms with Crippen LogP contribution in [0, 0.1) is 0 Å². The van der Waals surface area contributed by atoms with Crippen molar-refractivity contribution >= 4 is 108 Å². The van der Waals surface area contributed by atoms with Crippen molar-refractivity contribution in [2.24, 2.45) is 10.2 Å². The van der Waals surface area contributed by atoms with E-state index in [-0.39, 0.29) is 16.5 Å². The molecule has 29 heteroatoms. The van der Waals surface area contributed by atoms with Gasteiger partial charge in [0, 0.05) is 11.1 Å². The maximum Gasteiger partial charge on any atom is 0.397 e. The molecule has 0 amide bonds. The Labute approximate surface area is 321 Å². The molecule has 0 aliphatic carbocycles. The SMILES string of the molecule is O=S(=O)(O)OCCS(=O)(=O)c1ccc(Nc2nc(Cl)nc(Nc3cc(S(=O)(=O)O)cc4cc(S(=O)(=O)O)c(N=Nc5ccccc5S(=O)(=O)O)c(O)c34)n2)cc1. The molecule has 23 nitrogen and oxygen atoms in total.